The summed E-state index contributed by atoms with van der Waals surface area (Å²) in [6.07, 6.45) is 7.11. The summed E-state index contributed by atoms with van der Waals surface area (Å²) < 4.78 is 0. The van der Waals surface area contributed by atoms with Crippen LogP contribution in [0.2, 0.25) is 5.02 Å². The van der Waals surface area contributed by atoms with E-state index in [4.69, 9.17) is 11.6 Å². The molecule has 1 aliphatic heterocycles. The number of fused-ring (bicyclic) bond motifs is 1. The molecule has 1 aromatic heterocycles. The number of anilines is 3. The van der Waals surface area contributed by atoms with Crippen LogP contribution in [0.1, 0.15) is 43.7 Å². The van der Waals surface area contributed by atoms with Crippen LogP contribution in [0.4, 0.5) is 17.5 Å². The van der Waals surface area contributed by atoms with Crippen LogP contribution in [0.25, 0.3) is 0 Å². The average molecular weight is 416 g/mol. The molecule has 4 rings (SSSR count). The smallest absolute Gasteiger partial charge is 0.229 e. The summed E-state index contributed by atoms with van der Waals surface area (Å²) in [5, 5.41) is 17.0. The lowest BCUT2D eigenvalue weighted by atomic mass is 9.93. The Morgan fingerprint density at radius 2 is 1.90 bits per heavy atom. The maximum Gasteiger partial charge on any atom is 0.229 e. The molecule has 29 heavy (non-hydrogen) atoms. The first-order valence-corrected chi connectivity index (χ1v) is 11.1. The fourth-order valence-electron chi connectivity index (χ4n) is 4.24. The lowest BCUT2D eigenvalue weighted by molar-refractivity contribution is 0.126. The molecular formula is C22H30ClN5O. The Balaban J connectivity index is 1.45. The fourth-order valence-corrected chi connectivity index (χ4v) is 4.38. The number of hydrogen-bond donors (Lipinski definition) is 3. The van der Waals surface area contributed by atoms with Crippen molar-refractivity contribution in [3.8, 4) is 0 Å². The Morgan fingerprint density at radius 3 is 2.66 bits per heavy atom. The second-order valence-corrected chi connectivity index (χ2v) is 8.49. The zero-order valence-electron chi connectivity index (χ0n) is 17.0. The molecule has 0 radical (unpaired) electrons. The molecule has 2 aromatic rings. The molecular weight excluding hydrogens is 386 g/mol. The first-order valence-electron chi connectivity index (χ1n) is 10.7. The highest BCUT2D eigenvalue weighted by molar-refractivity contribution is 6.32. The lowest BCUT2D eigenvalue weighted by Gasteiger charge is -2.26. The Morgan fingerprint density at radius 1 is 1.14 bits per heavy atom. The van der Waals surface area contributed by atoms with Crippen LogP contribution < -0.4 is 10.6 Å². The largest absolute Gasteiger partial charge is 0.393 e. The summed E-state index contributed by atoms with van der Waals surface area (Å²) in [6, 6.07) is 6.84. The maximum absolute atomic E-state index is 9.69. The topological polar surface area (TPSA) is 73.3 Å². The van der Waals surface area contributed by atoms with Crippen LogP contribution >= 0.6 is 11.6 Å². The zero-order valence-corrected chi connectivity index (χ0v) is 17.8. The Kier molecular flexibility index (Phi) is 6.53. The zero-order chi connectivity index (χ0) is 20.2. The monoisotopic (exact) mass is 415 g/mol. The number of aliphatic hydroxyl groups is 1. The van der Waals surface area contributed by atoms with E-state index in [1.54, 1.807) is 6.20 Å². The highest BCUT2D eigenvalue weighted by Crippen LogP contribution is 2.27. The van der Waals surface area contributed by atoms with Crippen molar-refractivity contribution in [3.63, 3.8) is 0 Å². The normalized spacial score (nSPS) is 22.6. The first-order chi connectivity index (χ1) is 14.1. The molecule has 3 N–H and O–H groups in total. The van der Waals surface area contributed by atoms with Crippen LogP contribution in [0.5, 0.6) is 0 Å². The molecule has 0 spiro atoms. The molecule has 0 saturated heterocycles. The van der Waals surface area contributed by atoms with Crippen LogP contribution in [0.3, 0.4) is 0 Å². The molecule has 1 saturated carbocycles. The molecule has 156 valence electrons. The van der Waals surface area contributed by atoms with E-state index in [9.17, 15) is 5.11 Å². The predicted molar refractivity (Wildman–Crippen MR) is 118 cm³/mol. The molecule has 6 nitrogen and oxygen atoms in total. The van der Waals surface area contributed by atoms with E-state index in [-0.39, 0.29) is 12.1 Å². The van der Waals surface area contributed by atoms with Crippen molar-refractivity contribution in [2.45, 2.75) is 57.6 Å². The number of benzene rings is 1. The van der Waals surface area contributed by atoms with Crippen LogP contribution in [-0.2, 0) is 12.8 Å². The molecule has 0 bridgehead atoms. The number of halogens is 1. The van der Waals surface area contributed by atoms with E-state index in [0.717, 1.165) is 63.8 Å². The second-order valence-electron chi connectivity index (χ2n) is 8.08. The van der Waals surface area contributed by atoms with E-state index >= 15 is 0 Å². The number of likely N-dealkylation sites (N-methyl/N-ethyl adjacent to an activating group) is 1. The van der Waals surface area contributed by atoms with E-state index in [0.29, 0.717) is 16.8 Å². The molecule has 0 unspecified atom stereocenters. The van der Waals surface area contributed by atoms with Gasteiger partial charge in [0, 0.05) is 24.8 Å². The highest BCUT2D eigenvalue weighted by atomic mass is 35.5. The standard InChI is InChI=1S/C22H30ClN5O/c1-2-28-11-9-15-3-4-18(13-16(15)10-12-28)26-22-24-14-20(23)21(27-22)25-17-5-7-19(29)8-6-17/h3-4,13-14,17,19,29H,2,5-12H2,1H3,(H2,24,25,26,27). The minimum absolute atomic E-state index is 0.177. The van der Waals surface area contributed by atoms with Crippen LogP contribution in [0, 0.1) is 0 Å². The van der Waals surface area contributed by atoms with E-state index in [2.05, 4.69) is 50.6 Å². The highest BCUT2D eigenvalue weighted by Gasteiger charge is 2.20. The van der Waals surface area contributed by atoms with Gasteiger partial charge in [0.2, 0.25) is 5.95 Å². The van der Waals surface area contributed by atoms with Gasteiger partial charge in [-0.05, 0) is 68.3 Å². The minimum atomic E-state index is -0.177. The molecule has 2 heterocycles. The summed E-state index contributed by atoms with van der Waals surface area (Å²) in [5.74, 6) is 1.19. The second kappa shape index (κ2) is 9.28. The molecule has 1 aromatic carbocycles. The molecule has 0 amide bonds. The minimum Gasteiger partial charge on any atom is -0.393 e. The van der Waals surface area contributed by atoms with Gasteiger partial charge >= 0.3 is 0 Å². The van der Waals surface area contributed by atoms with Gasteiger partial charge in [0.05, 0.1) is 12.3 Å². The Bertz CT molecular complexity index is 838. The number of nitrogens with zero attached hydrogens (tertiary/aromatic N) is 3. The van der Waals surface area contributed by atoms with Crippen molar-refractivity contribution >= 4 is 29.1 Å². The van der Waals surface area contributed by atoms with E-state index in [1.165, 1.54) is 11.1 Å². The third kappa shape index (κ3) is 5.18. The SMILES string of the molecule is CCN1CCc2ccc(Nc3ncc(Cl)c(NC4CCC(O)CC4)n3)cc2CC1. The third-order valence-electron chi connectivity index (χ3n) is 6.09. The van der Waals surface area contributed by atoms with Gasteiger partial charge in [-0.2, -0.15) is 4.98 Å². The van der Waals surface area contributed by atoms with Crippen molar-refractivity contribution in [3.05, 3.63) is 40.5 Å². The van der Waals surface area contributed by atoms with Gasteiger partial charge in [-0.15, -0.1) is 0 Å². The first kappa shape index (κ1) is 20.4. The molecule has 2 aliphatic rings. The molecule has 7 heteroatoms. The maximum atomic E-state index is 9.69. The van der Waals surface area contributed by atoms with Crippen molar-refractivity contribution in [1.29, 1.82) is 0 Å². The molecule has 1 fully saturated rings. The van der Waals surface area contributed by atoms with Crippen molar-refractivity contribution in [2.75, 3.05) is 30.3 Å². The van der Waals surface area contributed by atoms with Gasteiger partial charge in [0.25, 0.3) is 0 Å². The number of hydrogen-bond acceptors (Lipinski definition) is 6. The van der Waals surface area contributed by atoms with Crippen LogP contribution in [-0.4, -0.2) is 51.8 Å². The third-order valence-corrected chi connectivity index (χ3v) is 6.36. The fraction of sp³-hybridized carbons (Fsp3) is 0.545. The Hall–Kier alpha value is -1.89. The van der Waals surface area contributed by atoms with Gasteiger partial charge in [-0.25, -0.2) is 4.98 Å². The van der Waals surface area contributed by atoms with Crippen molar-refractivity contribution < 1.29 is 5.11 Å². The van der Waals surface area contributed by atoms with Crippen molar-refractivity contribution in [2.24, 2.45) is 0 Å². The van der Waals surface area contributed by atoms with Crippen LogP contribution in [0.15, 0.2) is 24.4 Å². The number of aliphatic hydroxyl groups excluding tert-OH is 1. The van der Waals surface area contributed by atoms with E-state index in [1.807, 2.05) is 0 Å². The summed E-state index contributed by atoms with van der Waals surface area (Å²) >= 11 is 6.32. The number of aromatic nitrogens is 2. The average Bonchev–Trinajstić information content (AvgIpc) is 2.94. The Labute approximate surface area is 177 Å². The van der Waals surface area contributed by atoms with E-state index < -0.39 is 0 Å². The molecule has 0 atom stereocenters. The quantitative estimate of drug-likeness (QED) is 0.685. The summed E-state index contributed by atoms with van der Waals surface area (Å²) in [5.41, 5.74) is 3.84. The number of nitrogens with one attached hydrogen (secondary N) is 2. The van der Waals surface area contributed by atoms with Gasteiger partial charge < -0.3 is 20.6 Å². The predicted octanol–water partition coefficient (Wildman–Crippen LogP) is 4.01. The summed E-state index contributed by atoms with van der Waals surface area (Å²) in [7, 11) is 0. The van der Waals surface area contributed by atoms with Crippen molar-refractivity contribution in [1.82, 2.24) is 14.9 Å². The molecule has 1 aliphatic carbocycles. The summed E-state index contributed by atoms with van der Waals surface area (Å²) in [6.45, 7) is 5.56. The lowest BCUT2D eigenvalue weighted by Crippen LogP contribution is -2.28. The van der Waals surface area contributed by atoms with Gasteiger partial charge in [-0.1, -0.05) is 24.6 Å². The van der Waals surface area contributed by atoms with Gasteiger partial charge in [-0.3, -0.25) is 0 Å². The van der Waals surface area contributed by atoms with Gasteiger partial charge in [0.1, 0.15) is 5.02 Å². The van der Waals surface area contributed by atoms with Gasteiger partial charge in [0.15, 0.2) is 5.82 Å². The summed E-state index contributed by atoms with van der Waals surface area (Å²) in [4.78, 5) is 11.5. The number of rotatable bonds is 5.